The second-order valence-corrected chi connectivity index (χ2v) is 5.20. The first-order valence-corrected chi connectivity index (χ1v) is 6.70. The Bertz CT molecular complexity index is 907. The molecular formula is C16H10F3N3. The molecule has 1 aliphatic rings. The third-order valence-corrected chi connectivity index (χ3v) is 3.79. The molecule has 0 amide bonds. The van der Waals surface area contributed by atoms with E-state index in [-0.39, 0.29) is 6.54 Å². The van der Waals surface area contributed by atoms with Gasteiger partial charge in [0.15, 0.2) is 0 Å². The molecule has 0 radical (unpaired) electrons. The van der Waals surface area contributed by atoms with Gasteiger partial charge in [0.25, 0.3) is 0 Å². The summed E-state index contributed by atoms with van der Waals surface area (Å²) in [4.78, 5) is 11.3. The van der Waals surface area contributed by atoms with Gasteiger partial charge < -0.3 is 4.98 Å². The highest BCUT2D eigenvalue weighted by Gasteiger charge is 2.32. The van der Waals surface area contributed by atoms with E-state index in [0.29, 0.717) is 22.3 Å². The number of aromatic nitrogens is 2. The van der Waals surface area contributed by atoms with Gasteiger partial charge in [-0.15, -0.1) is 0 Å². The predicted molar refractivity (Wildman–Crippen MR) is 77.8 cm³/mol. The van der Waals surface area contributed by atoms with E-state index < -0.39 is 11.7 Å². The van der Waals surface area contributed by atoms with Gasteiger partial charge in [-0.1, -0.05) is 0 Å². The van der Waals surface area contributed by atoms with Gasteiger partial charge in [0.1, 0.15) is 5.65 Å². The number of halogens is 3. The zero-order chi connectivity index (χ0) is 15.3. The number of alkyl halides is 3. The molecule has 22 heavy (non-hydrogen) atoms. The molecule has 110 valence electrons. The van der Waals surface area contributed by atoms with Crippen molar-refractivity contribution >= 4 is 17.2 Å². The van der Waals surface area contributed by atoms with Crippen molar-refractivity contribution in [1.29, 1.82) is 0 Å². The summed E-state index contributed by atoms with van der Waals surface area (Å²) in [7, 11) is 0. The summed E-state index contributed by atoms with van der Waals surface area (Å²) in [6, 6.07) is 6.02. The van der Waals surface area contributed by atoms with Crippen LogP contribution in [0, 0.1) is 0 Å². The third-order valence-electron chi connectivity index (χ3n) is 3.79. The lowest BCUT2D eigenvalue weighted by Crippen LogP contribution is -2.07. The van der Waals surface area contributed by atoms with Crippen molar-refractivity contribution in [3.8, 4) is 11.1 Å². The molecular weight excluding hydrogens is 291 g/mol. The Morgan fingerprint density at radius 2 is 2.00 bits per heavy atom. The second-order valence-electron chi connectivity index (χ2n) is 5.20. The van der Waals surface area contributed by atoms with Crippen LogP contribution in [-0.2, 0) is 12.7 Å². The highest BCUT2D eigenvalue weighted by molar-refractivity contribution is 5.95. The largest absolute Gasteiger partial charge is 0.416 e. The monoisotopic (exact) mass is 301 g/mol. The second kappa shape index (κ2) is 4.43. The van der Waals surface area contributed by atoms with Gasteiger partial charge in [0.2, 0.25) is 0 Å². The molecule has 0 fully saturated rings. The molecule has 3 heterocycles. The van der Waals surface area contributed by atoms with Crippen LogP contribution in [0.1, 0.15) is 16.7 Å². The van der Waals surface area contributed by atoms with Gasteiger partial charge in [0.05, 0.1) is 12.1 Å². The Hall–Kier alpha value is -2.63. The molecule has 0 atom stereocenters. The van der Waals surface area contributed by atoms with Crippen LogP contribution in [-0.4, -0.2) is 16.2 Å². The maximum Gasteiger partial charge on any atom is 0.416 e. The van der Waals surface area contributed by atoms with Crippen LogP contribution in [0.4, 0.5) is 13.2 Å². The topological polar surface area (TPSA) is 41.0 Å². The van der Waals surface area contributed by atoms with Crippen LogP contribution in [0.2, 0.25) is 0 Å². The summed E-state index contributed by atoms with van der Waals surface area (Å²) < 4.78 is 39.3. The molecule has 3 nitrogen and oxygen atoms in total. The van der Waals surface area contributed by atoms with E-state index in [4.69, 9.17) is 0 Å². The number of aliphatic imine (C=N–C) groups is 1. The summed E-state index contributed by atoms with van der Waals surface area (Å²) in [6.45, 7) is 0.284. The van der Waals surface area contributed by atoms with E-state index >= 15 is 0 Å². The maximum absolute atomic E-state index is 13.1. The smallest absolute Gasteiger partial charge is 0.346 e. The summed E-state index contributed by atoms with van der Waals surface area (Å²) in [5, 5.41) is 0.860. The van der Waals surface area contributed by atoms with Gasteiger partial charge in [-0.25, -0.2) is 4.98 Å². The summed E-state index contributed by atoms with van der Waals surface area (Å²) in [5.74, 6) is 0. The van der Waals surface area contributed by atoms with Crippen molar-refractivity contribution in [1.82, 2.24) is 9.97 Å². The first-order valence-electron chi connectivity index (χ1n) is 6.70. The van der Waals surface area contributed by atoms with Gasteiger partial charge in [0, 0.05) is 35.1 Å². The number of fused-ring (bicyclic) bond motifs is 2. The Kier molecular flexibility index (Phi) is 2.63. The molecule has 3 aromatic rings. The Balaban J connectivity index is 1.96. The SMILES string of the molecule is FC(F)(F)c1cc2c(c(-c3cnc4[nH]ccc4c3)c1)C=NC2. The fourth-order valence-electron chi connectivity index (χ4n) is 2.72. The van der Waals surface area contributed by atoms with Crippen LogP contribution >= 0.6 is 0 Å². The first kappa shape index (κ1) is 13.1. The van der Waals surface area contributed by atoms with Crippen LogP contribution in [0.15, 0.2) is 41.7 Å². The molecule has 1 N–H and O–H groups in total. The highest BCUT2D eigenvalue weighted by Crippen LogP contribution is 2.37. The van der Waals surface area contributed by atoms with Crippen molar-refractivity contribution in [2.45, 2.75) is 12.7 Å². The third kappa shape index (κ3) is 1.99. The van der Waals surface area contributed by atoms with Crippen molar-refractivity contribution < 1.29 is 13.2 Å². The minimum absolute atomic E-state index is 0.284. The highest BCUT2D eigenvalue weighted by atomic mass is 19.4. The number of aromatic amines is 1. The molecule has 0 saturated carbocycles. The maximum atomic E-state index is 13.1. The van der Waals surface area contributed by atoms with E-state index in [9.17, 15) is 13.2 Å². The van der Waals surface area contributed by atoms with Crippen LogP contribution in [0.5, 0.6) is 0 Å². The molecule has 2 aromatic heterocycles. The fraction of sp³-hybridized carbons (Fsp3) is 0.125. The molecule has 0 unspecified atom stereocenters. The Morgan fingerprint density at radius 3 is 2.82 bits per heavy atom. The van der Waals surface area contributed by atoms with Crippen molar-refractivity contribution in [3.05, 3.63) is 53.3 Å². The lowest BCUT2D eigenvalue weighted by atomic mass is 9.94. The summed E-state index contributed by atoms with van der Waals surface area (Å²) in [6.07, 6.45) is 0.588. The fourth-order valence-corrected chi connectivity index (χ4v) is 2.72. The van der Waals surface area contributed by atoms with Crippen LogP contribution < -0.4 is 0 Å². The normalized spacial score (nSPS) is 13.8. The lowest BCUT2D eigenvalue weighted by Gasteiger charge is -2.13. The van der Waals surface area contributed by atoms with E-state index in [1.54, 1.807) is 18.6 Å². The number of hydrogen-bond acceptors (Lipinski definition) is 2. The van der Waals surface area contributed by atoms with E-state index in [0.717, 1.165) is 10.9 Å². The molecule has 6 heteroatoms. The summed E-state index contributed by atoms with van der Waals surface area (Å²) in [5.41, 5.74) is 2.56. The number of H-pyrrole nitrogens is 1. The number of pyridine rings is 1. The molecule has 1 aliphatic heterocycles. The van der Waals surface area contributed by atoms with Gasteiger partial charge in [-0.2, -0.15) is 13.2 Å². The van der Waals surface area contributed by atoms with Crippen molar-refractivity contribution in [2.75, 3.05) is 0 Å². The molecule has 4 rings (SSSR count). The average Bonchev–Trinajstić information content (AvgIpc) is 3.13. The zero-order valence-corrected chi connectivity index (χ0v) is 11.3. The van der Waals surface area contributed by atoms with Crippen molar-refractivity contribution in [3.63, 3.8) is 0 Å². The van der Waals surface area contributed by atoms with Crippen LogP contribution in [0.25, 0.3) is 22.2 Å². The molecule has 0 bridgehead atoms. The molecule has 0 spiro atoms. The Morgan fingerprint density at radius 1 is 1.14 bits per heavy atom. The standard InChI is InChI=1S/C16H10F3N3/c17-16(18,19)12-4-11-6-20-8-14(11)13(5-12)10-3-9-1-2-21-15(9)22-7-10/h1-5,7-8H,6H2,(H,21,22). The number of hydrogen-bond donors (Lipinski definition) is 1. The minimum Gasteiger partial charge on any atom is -0.346 e. The quantitative estimate of drug-likeness (QED) is 0.719. The molecule has 1 aromatic carbocycles. The van der Waals surface area contributed by atoms with Crippen LogP contribution in [0.3, 0.4) is 0 Å². The number of rotatable bonds is 1. The summed E-state index contributed by atoms with van der Waals surface area (Å²) >= 11 is 0. The number of benzene rings is 1. The van der Waals surface area contributed by atoms with E-state index in [1.807, 2.05) is 12.1 Å². The van der Waals surface area contributed by atoms with Crippen molar-refractivity contribution in [2.24, 2.45) is 4.99 Å². The van der Waals surface area contributed by atoms with E-state index in [1.165, 1.54) is 12.1 Å². The van der Waals surface area contributed by atoms with Gasteiger partial charge >= 0.3 is 6.18 Å². The first-order chi connectivity index (χ1) is 10.5. The minimum atomic E-state index is -4.38. The number of nitrogens with one attached hydrogen (secondary N) is 1. The predicted octanol–water partition coefficient (Wildman–Crippen LogP) is 4.18. The van der Waals surface area contributed by atoms with Gasteiger partial charge in [-0.3, -0.25) is 4.99 Å². The molecule has 0 aliphatic carbocycles. The number of nitrogens with zero attached hydrogens (tertiary/aromatic N) is 2. The lowest BCUT2D eigenvalue weighted by molar-refractivity contribution is -0.137. The molecule has 0 saturated heterocycles. The van der Waals surface area contributed by atoms with Gasteiger partial charge in [-0.05, 0) is 35.4 Å². The average molecular weight is 301 g/mol. The Labute approximate surface area is 123 Å². The zero-order valence-electron chi connectivity index (χ0n) is 11.3. The van der Waals surface area contributed by atoms with E-state index in [2.05, 4.69) is 15.0 Å².